The van der Waals surface area contributed by atoms with Crippen LogP contribution in [0.1, 0.15) is 37.9 Å². The molecule has 2 aromatic carbocycles. The Morgan fingerprint density at radius 3 is 2.62 bits per heavy atom. The van der Waals surface area contributed by atoms with Gasteiger partial charge in [-0.15, -0.1) is 24.0 Å². The molecule has 0 bridgehead atoms. The number of aliphatic imine (C=N–C) groups is 1. The minimum absolute atomic E-state index is 0. The number of rotatable bonds is 8. The van der Waals surface area contributed by atoms with Gasteiger partial charge in [-0.2, -0.15) is 4.98 Å². The molecule has 0 saturated carbocycles. The van der Waals surface area contributed by atoms with Gasteiger partial charge in [0, 0.05) is 30.6 Å². The Bertz CT molecular complexity index is 912. The van der Waals surface area contributed by atoms with Crippen LogP contribution in [0.3, 0.4) is 0 Å². The molecule has 29 heavy (non-hydrogen) atoms. The molecule has 0 amide bonds. The van der Waals surface area contributed by atoms with E-state index in [1.54, 1.807) is 0 Å². The van der Waals surface area contributed by atoms with Crippen molar-refractivity contribution >= 4 is 35.6 Å². The van der Waals surface area contributed by atoms with Gasteiger partial charge in [-0.25, -0.2) is 0 Å². The predicted molar refractivity (Wildman–Crippen MR) is 125 cm³/mol. The number of aryl methyl sites for hydroxylation is 1. The number of nitrogens with one attached hydrogen (secondary N) is 1. The third-order valence-corrected chi connectivity index (χ3v) is 3.92. The molecule has 0 unspecified atom stereocenters. The van der Waals surface area contributed by atoms with Crippen LogP contribution >= 0.6 is 24.0 Å². The summed E-state index contributed by atoms with van der Waals surface area (Å²) in [6.45, 7) is 4.63. The summed E-state index contributed by atoms with van der Waals surface area (Å²) in [5.74, 6) is 3.49. The van der Waals surface area contributed by atoms with Gasteiger partial charge in [-0.05, 0) is 30.7 Å². The van der Waals surface area contributed by atoms with Gasteiger partial charge < -0.3 is 20.3 Å². The molecule has 0 saturated heterocycles. The number of halogens is 1. The van der Waals surface area contributed by atoms with Crippen LogP contribution in [0.25, 0.3) is 0 Å². The first-order valence-electron chi connectivity index (χ1n) is 9.32. The number of aromatic nitrogens is 2. The van der Waals surface area contributed by atoms with E-state index >= 15 is 0 Å². The number of nitrogens with two attached hydrogens (primary N) is 1. The monoisotopic (exact) mass is 507 g/mol. The summed E-state index contributed by atoms with van der Waals surface area (Å²) < 4.78 is 11.0. The lowest BCUT2D eigenvalue weighted by atomic mass is 10.2. The Kier molecular flexibility index (Phi) is 8.91. The summed E-state index contributed by atoms with van der Waals surface area (Å²) in [6, 6.07) is 17.2. The van der Waals surface area contributed by atoms with E-state index in [1.807, 2.05) is 68.4 Å². The number of benzene rings is 2. The number of hydrogen-bond donors (Lipinski definition) is 2. The van der Waals surface area contributed by atoms with Crippen LogP contribution in [0.2, 0.25) is 0 Å². The van der Waals surface area contributed by atoms with E-state index < -0.39 is 0 Å². The average molecular weight is 507 g/mol. The van der Waals surface area contributed by atoms with E-state index in [4.69, 9.17) is 15.0 Å². The van der Waals surface area contributed by atoms with Crippen LogP contribution in [0.5, 0.6) is 11.5 Å². The fraction of sp³-hybridized carbons (Fsp3) is 0.286. The molecule has 0 aliphatic rings. The van der Waals surface area contributed by atoms with Crippen molar-refractivity contribution in [1.82, 2.24) is 10.1 Å². The molecular weight excluding hydrogens is 481 g/mol. The van der Waals surface area contributed by atoms with Gasteiger partial charge in [0.2, 0.25) is 5.89 Å². The SMILES string of the molecule is CC(C)c1noc(CCCN=C(N)Nc2cccc(Oc3ccccc3)c2)n1.I. The maximum absolute atomic E-state index is 5.98. The quantitative estimate of drug-likeness (QED) is 0.194. The third-order valence-electron chi connectivity index (χ3n) is 3.92. The molecule has 7 nitrogen and oxygen atoms in total. The molecule has 0 atom stereocenters. The largest absolute Gasteiger partial charge is 0.457 e. The van der Waals surface area contributed by atoms with E-state index in [9.17, 15) is 0 Å². The lowest BCUT2D eigenvalue weighted by Gasteiger charge is -2.09. The van der Waals surface area contributed by atoms with Gasteiger partial charge in [-0.3, -0.25) is 4.99 Å². The summed E-state index contributed by atoms with van der Waals surface area (Å²) in [5.41, 5.74) is 6.79. The zero-order valence-corrected chi connectivity index (χ0v) is 18.9. The van der Waals surface area contributed by atoms with E-state index in [0.29, 0.717) is 24.8 Å². The Balaban J connectivity index is 0.00000300. The van der Waals surface area contributed by atoms with Crippen LogP contribution in [0.15, 0.2) is 64.1 Å². The van der Waals surface area contributed by atoms with E-state index in [1.165, 1.54) is 0 Å². The second-order valence-corrected chi connectivity index (χ2v) is 6.64. The summed E-state index contributed by atoms with van der Waals surface area (Å²) in [4.78, 5) is 8.69. The molecule has 0 aliphatic carbocycles. The molecular formula is C21H26IN5O2. The standard InChI is InChI=1S/C21H25N5O2.HI/c1-15(2)20-25-19(28-26-20)12-7-13-23-21(22)24-16-8-6-11-18(14-16)27-17-9-4-3-5-10-17;/h3-6,8-11,14-15H,7,12-13H2,1-2H3,(H3,22,23,24);1H. The number of guanidine groups is 1. The zero-order chi connectivity index (χ0) is 19.8. The van der Waals surface area contributed by atoms with Crippen molar-refractivity contribution < 1.29 is 9.26 Å². The molecule has 0 radical (unpaired) electrons. The summed E-state index contributed by atoms with van der Waals surface area (Å²) in [5, 5.41) is 7.03. The van der Waals surface area contributed by atoms with Crippen LogP contribution in [-0.2, 0) is 6.42 Å². The van der Waals surface area contributed by atoms with Crippen molar-refractivity contribution in [1.29, 1.82) is 0 Å². The number of anilines is 1. The fourth-order valence-electron chi connectivity index (χ4n) is 2.48. The van der Waals surface area contributed by atoms with Gasteiger partial charge in [0.25, 0.3) is 0 Å². The summed E-state index contributed by atoms with van der Waals surface area (Å²) >= 11 is 0. The number of nitrogens with zero attached hydrogens (tertiary/aromatic N) is 3. The van der Waals surface area contributed by atoms with Crippen molar-refractivity contribution in [2.75, 3.05) is 11.9 Å². The first-order chi connectivity index (χ1) is 13.6. The second kappa shape index (κ2) is 11.4. The first kappa shape index (κ1) is 22.7. The lowest BCUT2D eigenvalue weighted by Crippen LogP contribution is -2.22. The molecule has 3 rings (SSSR count). The van der Waals surface area contributed by atoms with Crippen molar-refractivity contribution in [2.24, 2.45) is 10.7 Å². The maximum Gasteiger partial charge on any atom is 0.226 e. The number of ether oxygens (including phenoxy) is 1. The van der Waals surface area contributed by atoms with Crippen molar-refractivity contribution in [2.45, 2.75) is 32.6 Å². The number of hydrogen-bond acceptors (Lipinski definition) is 5. The Labute approximate surface area is 187 Å². The zero-order valence-electron chi connectivity index (χ0n) is 16.5. The van der Waals surface area contributed by atoms with Gasteiger partial charge in [0.15, 0.2) is 11.8 Å². The van der Waals surface area contributed by atoms with E-state index in [0.717, 1.165) is 29.4 Å². The Hall–Kier alpha value is -2.62. The molecule has 8 heteroatoms. The number of para-hydroxylation sites is 1. The van der Waals surface area contributed by atoms with Crippen molar-refractivity contribution in [3.63, 3.8) is 0 Å². The van der Waals surface area contributed by atoms with Crippen molar-refractivity contribution in [3.05, 3.63) is 66.3 Å². The first-order valence-corrected chi connectivity index (χ1v) is 9.32. The van der Waals surface area contributed by atoms with Crippen LogP contribution in [-0.4, -0.2) is 22.6 Å². The van der Waals surface area contributed by atoms with Crippen LogP contribution in [0.4, 0.5) is 5.69 Å². The van der Waals surface area contributed by atoms with Gasteiger partial charge in [0.1, 0.15) is 11.5 Å². The predicted octanol–water partition coefficient (Wildman–Crippen LogP) is 4.96. The van der Waals surface area contributed by atoms with Crippen LogP contribution < -0.4 is 15.8 Å². The molecule has 0 aliphatic heterocycles. The van der Waals surface area contributed by atoms with Gasteiger partial charge >= 0.3 is 0 Å². The highest BCUT2D eigenvalue weighted by atomic mass is 127. The molecule has 154 valence electrons. The average Bonchev–Trinajstić information content (AvgIpc) is 3.16. The molecule has 3 N–H and O–H groups in total. The van der Waals surface area contributed by atoms with Gasteiger partial charge in [0.05, 0.1) is 0 Å². The second-order valence-electron chi connectivity index (χ2n) is 6.64. The van der Waals surface area contributed by atoms with E-state index in [-0.39, 0.29) is 29.9 Å². The Morgan fingerprint density at radius 1 is 1.14 bits per heavy atom. The molecule has 1 heterocycles. The normalized spacial score (nSPS) is 11.2. The van der Waals surface area contributed by atoms with Crippen LogP contribution in [0, 0.1) is 0 Å². The highest BCUT2D eigenvalue weighted by Crippen LogP contribution is 2.23. The van der Waals surface area contributed by atoms with Crippen molar-refractivity contribution in [3.8, 4) is 11.5 Å². The topological polar surface area (TPSA) is 98.6 Å². The lowest BCUT2D eigenvalue weighted by molar-refractivity contribution is 0.369. The highest BCUT2D eigenvalue weighted by molar-refractivity contribution is 14.0. The minimum atomic E-state index is 0. The fourth-order valence-corrected chi connectivity index (χ4v) is 2.48. The summed E-state index contributed by atoms with van der Waals surface area (Å²) in [7, 11) is 0. The molecule has 1 aromatic heterocycles. The molecule has 3 aromatic rings. The summed E-state index contributed by atoms with van der Waals surface area (Å²) in [6.07, 6.45) is 1.45. The molecule has 0 spiro atoms. The van der Waals surface area contributed by atoms with E-state index in [2.05, 4.69) is 20.4 Å². The smallest absolute Gasteiger partial charge is 0.226 e. The maximum atomic E-state index is 5.98. The highest BCUT2D eigenvalue weighted by Gasteiger charge is 2.09. The minimum Gasteiger partial charge on any atom is -0.457 e. The molecule has 0 fully saturated rings. The third kappa shape index (κ3) is 7.37. The van der Waals surface area contributed by atoms with Gasteiger partial charge in [-0.1, -0.05) is 43.3 Å². The Morgan fingerprint density at radius 2 is 1.90 bits per heavy atom.